The fraction of sp³-hybridized carbons (Fsp3) is 0. The first-order valence-electron chi connectivity index (χ1n) is 2.81. The predicted octanol–water partition coefficient (Wildman–Crippen LogP) is 0.734. The minimum absolute atomic E-state index is 1.05. The number of hydrogen-bond acceptors (Lipinski definition) is 2. The van der Waals surface area contributed by atoms with E-state index in [9.17, 15) is 0 Å². The second-order valence-corrected chi connectivity index (χ2v) is 2.11. The number of rotatable bonds is 0. The molecule has 0 fully saturated rings. The van der Waals surface area contributed by atoms with E-state index in [0.717, 1.165) is 16.9 Å². The summed E-state index contributed by atoms with van der Waals surface area (Å²) in [5, 5.41) is 4.02. The molecule has 0 saturated heterocycles. The van der Waals surface area contributed by atoms with E-state index in [2.05, 4.69) is 10.1 Å². The monoisotopic (exact) mass is 117 g/mol. The maximum Gasteiger partial charge on any atom is 0.202 e. The molecule has 2 aliphatic rings. The van der Waals surface area contributed by atoms with Crippen LogP contribution in [-0.2, 0) is 0 Å². The standard InChI is InChI=1S/C6H3N3/c1-2-4-5(7-3-1)6-8-9(4)6/h1-3H. The fourth-order valence-electron chi connectivity index (χ4n) is 1.08. The minimum atomic E-state index is 1.05. The molecule has 3 heteroatoms. The van der Waals surface area contributed by atoms with Crippen LogP contribution >= 0.6 is 0 Å². The first-order chi connectivity index (χ1) is 4.47. The van der Waals surface area contributed by atoms with E-state index in [1.807, 2.05) is 16.8 Å². The van der Waals surface area contributed by atoms with Crippen LogP contribution in [0, 0.1) is 0 Å². The van der Waals surface area contributed by atoms with Crippen molar-refractivity contribution in [2.45, 2.75) is 0 Å². The van der Waals surface area contributed by atoms with E-state index in [-0.39, 0.29) is 0 Å². The maximum absolute atomic E-state index is 4.12. The summed E-state index contributed by atoms with van der Waals surface area (Å²) < 4.78 is 1.89. The van der Waals surface area contributed by atoms with Gasteiger partial charge < -0.3 is 0 Å². The molecule has 0 atom stereocenters. The van der Waals surface area contributed by atoms with E-state index < -0.39 is 0 Å². The molecule has 0 aliphatic carbocycles. The van der Waals surface area contributed by atoms with Gasteiger partial charge in [-0.2, -0.15) is 0 Å². The quantitative estimate of drug-likeness (QED) is 0.434. The van der Waals surface area contributed by atoms with E-state index in [4.69, 9.17) is 0 Å². The van der Waals surface area contributed by atoms with Crippen molar-refractivity contribution >= 4 is 11.0 Å². The topological polar surface area (TPSA) is 30.7 Å². The first-order valence-corrected chi connectivity index (χ1v) is 2.81. The molecule has 1 aromatic heterocycles. The van der Waals surface area contributed by atoms with Crippen molar-refractivity contribution < 1.29 is 0 Å². The van der Waals surface area contributed by atoms with Gasteiger partial charge in [0.15, 0.2) is 0 Å². The second kappa shape index (κ2) is 0.857. The number of pyridine rings is 1. The molecule has 2 aliphatic heterocycles. The zero-order chi connectivity index (χ0) is 5.84. The van der Waals surface area contributed by atoms with Gasteiger partial charge in [-0.1, -0.05) is 0 Å². The molecule has 0 bridgehead atoms. The van der Waals surface area contributed by atoms with Crippen molar-refractivity contribution in [1.29, 1.82) is 0 Å². The summed E-state index contributed by atoms with van der Waals surface area (Å²) in [6.45, 7) is 0. The maximum atomic E-state index is 4.12. The fourth-order valence-corrected chi connectivity index (χ4v) is 1.08. The lowest BCUT2D eigenvalue weighted by atomic mass is 10.3. The second-order valence-electron chi connectivity index (χ2n) is 2.11. The third-order valence-corrected chi connectivity index (χ3v) is 1.58. The highest BCUT2D eigenvalue weighted by atomic mass is 15.5. The van der Waals surface area contributed by atoms with Crippen molar-refractivity contribution in [3.8, 4) is 5.82 Å². The molecule has 0 spiro atoms. The van der Waals surface area contributed by atoms with Crippen molar-refractivity contribution in [3.63, 3.8) is 0 Å². The van der Waals surface area contributed by atoms with E-state index >= 15 is 0 Å². The summed E-state index contributed by atoms with van der Waals surface area (Å²) in [4.78, 5) is 4.12. The average molecular weight is 117 g/mol. The largest absolute Gasteiger partial charge is 0.251 e. The van der Waals surface area contributed by atoms with Gasteiger partial charge in [0.25, 0.3) is 0 Å². The summed E-state index contributed by atoms with van der Waals surface area (Å²) in [6.07, 6.45) is 1.79. The van der Waals surface area contributed by atoms with Gasteiger partial charge in [-0.3, -0.25) is 4.98 Å². The number of nitrogens with zero attached hydrogens (tertiary/aromatic N) is 3. The Labute approximate surface area is 50.9 Å². The molecule has 0 N–H and O–H groups in total. The van der Waals surface area contributed by atoms with Crippen LogP contribution < -0.4 is 0 Å². The van der Waals surface area contributed by atoms with Gasteiger partial charge in [0.05, 0.1) is 5.52 Å². The highest BCUT2D eigenvalue weighted by Gasteiger charge is 2.26. The third-order valence-electron chi connectivity index (χ3n) is 1.58. The van der Waals surface area contributed by atoms with Crippen molar-refractivity contribution in [2.24, 2.45) is 0 Å². The Morgan fingerprint density at radius 2 is 2.44 bits per heavy atom. The molecule has 0 aromatic carbocycles. The summed E-state index contributed by atoms with van der Waals surface area (Å²) in [5.74, 6) is 1.05. The van der Waals surface area contributed by atoms with Crippen LogP contribution in [0.5, 0.6) is 0 Å². The predicted molar refractivity (Wildman–Crippen MR) is 32.4 cm³/mol. The molecule has 3 nitrogen and oxygen atoms in total. The van der Waals surface area contributed by atoms with Gasteiger partial charge in [-0.05, 0) is 12.1 Å². The number of aromatic nitrogens is 3. The molecule has 1 aromatic rings. The van der Waals surface area contributed by atoms with Crippen LogP contribution in [-0.4, -0.2) is 14.8 Å². The van der Waals surface area contributed by atoms with Gasteiger partial charge in [0.1, 0.15) is 5.52 Å². The molecular formula is C6H3N3. The molecule has 3 rings (SSSR count). The van der Waals surface area contributed by atoms with Gasteiger partial charge >= 0.3 is 0 Å². The van der Waals surface area contributed by atoms with Crippen molar-refractivity contribution in [3.05, 3.63) is 18.3 Å². The van der Waals surface area contributed by atoms with Crippen molar-refractivity contribution in [2.75, 3.05) is 0 Å². The Hall–Kier alpha value is -1.38. The lowest BCUT2D eigenvalue weighted by Crippen LogP contribution is -1.88. The van der Waals surface area contributed by atoms with Gasteiger partial charge in [-0.25, -0.2) is 4.68 Å². The van der Waals surface area contributed by atoms with Crippen LogP contribution in [0.2, 0.25) is 0 Å². The minimum Gasteiger partial charge on any atom is -0.251 e. The SMILES string of the molecule is c1cnc2c3nn-3c2c1. The summed E-state index contributed by atoms with van der Waals surface area (Å²) in [5.41, 5.74) is 2.20. The molecule has 3 heterocycles. The van der Waals surface area contributed by atoms with E-state index in [0.29, 0.717) is 0 Å². The summed E-state index contributed by atoms with van der Waals surface area (Å²) in [7, 11) is 0. The van der Waals surface area contributed by atoms with Crippen molar-refractivity contribution in [1.82, 2.24) is 14.8 Å². The number of hydrogen-bond donors (Lipinski definition) is 0. The highest BCUT2D eigenvalue weighted by molar-refractivity contribution is 5.92. The zero-order valence-corrected chi connectivity index (χ0v) is 4.57. The van der Waals surface area contributed by atoms with Gasteiger partial charge in [0.2, 0.25) is 5.82 Å². The van der Waals surface area contributed by atoms with Gasteiger partial charge in [-0.15, -0.1) is 5.10 Å². The number of fused-ring (bicyclic) bond motifs is 4. The normalized spacial score (nSPS) is 12.4. The Bertz CT molecular complexity index is 352. The smallest absolute Gasteiger partial charge is 0.202 e. The molecule has 9 heavy (non-hydrogen) atoms. The Balaban J connectivity index is 2.69. The summed E-state index contributed by atoms with van der Waals surface area (Å²) >= 11 is 0. The van der Waals surface area contributed by atoms with Crippen LogP contribution in [0.4, 0.5) is 0 Å². The van der Waals surface area contributed by atoms with E-state index in [1.165, 1.54) is 0 Å². The highest BCUT2D eigenvalue weighted by Crippen LogP contribution is 2.31. The molecule has 0 amide bonds. The Morgan fingerprint density at radius 1 is 1.44 bits per heavy atom. The lowest BCUT2D eigenvalue weighted by Gasteiger charge is -1.96. The van der Waals surface area contributed by atoms with E-state index in [1.54, 1.807) is 6.20 Å². The Morgan fingerprint density at radius 3 is 3.33 bits per heavy atom. The third kappa shape index (κ3) is 0.253. The molecule has 42 valence electrons. The van der Waals surface area contributed by atoms with Gasteiger partial charge in [0, 0.05) is 6.20 Å². The lowest BCUT2D eigenvalue weighted by molar-refractivity contribution is 1.16. The van der Waals surface area contributed by atoms with Crippen LogP contribution in [0.15, 0.2) is 18.3 Å². The molecule has 0 saturated carbocycles. The van der Waals surface area contributed by atoms with Crippen LogP contribution in [0.3, 0.4) is 0 Å². The average Bonchev–Trinajstić information content (AvgIpc) is 2.58. The van der Waals surface area contributed by atoms with Crippen LogP contribution in [0.1, 0.15) is 0 Å². The Kier molecular flexibility index (Phi) is 0.344. The zero-order valence-electron chi connectivity index (χ0n) is 4.57. The first kappa shape index (κ1) is 3.61. The van der Waals surface area contributed by atoms with Crippen LogP contribution in [0.25, 0.3) is 16.9 Å². The molecule has 0 radical (unpaired) electrons. The molecule has 0 unspecified atom stereocenters. The summed E-state index contributed by atoms with van der Waals surface area (Å²) in [6, 6.07) is 3.94. The molecular weight excluding hydrogens is 114 g/mol.